The van der Waals surface area contributed by atoms with Crippen LogP contribution in [0.2, 0.25) is 0 Å². The highest BCUT2D eigenvalue weighted by atomic mass is 14.9. The molecule has 3 atom stereocenters. The molecule has 0 aromatic heterocycles. The fourth-order valence-electron chi connectivity index (χ4n) is 4.50. The minimum Gasteiger partial charge on any atom is -0.310 e. The highest BCUT2D eigenvalue weighted by molar-refractivity contribution is 5.28. The largest absolute Gasteiger partial charge is 0.310 e. The molecule has 0 heterocycles. The normalized spacial score (nSPS) is 29.0. The second-order valence-corrected chi connectivity index (χ2v) is 7.11. The van der Waals surface area contributed by atoms with Crippen molar-refractivity contribution in [3.63, 3.8) is 0 Å². The van der Waals surface area contributed by atoms with E-state index in [1.165, 1.54) is 56.1 Å². The van der Waals surface area contributed by atoms with Crippen LogP contribution in [0.3, 0.4) is 0 Å². The van der Waals surface area contributed by atoms with E-state index in [9.17, 15) is 0 Å². The fraction of sp³-hybridized carbons (Fsp3) is 0.700. The van der Waals surface area contributed by atoms with E-state index >= 15 is 0 Å². The predicted octanol–water partition coefficient (Wildman–Crippen LogP) is 5.12. The Hall–Kier alpha value is -0.820. The summed E-state index contributed by atoms with van der Waals surface area (Å²) < 4.78 is 0. The summed E-state index contributed by atoms with van der Waals surface area (Å²) >= 11 is 0. The monoisotopic (exact) mass is 285 g/mol. The maximum atomic E-state index is 3.86. The van der Waals surface area contributed by atoms with Gasteiger partial charge in [0.15, 0.2) is 0 Å². The smallest absolute Gasteiger partial charge is 0.0354 e. The predicted molar refractivity (Wildman–Crippen MR) is 90.4 cm³/mol. The molecule has 0 spiro atoms. The molecule has 1 nitrogen and oxygen atoms in total. The van der Waals surface area contributed by atoms with E-state index in [4.69, 9.17) is 0 Å². The number of benzene rings is 1. The zero-order valence-corrected chi connectivity index (χ0v) is 13.8. The third kappa shape index (κ3) is 3.34. The molecular weight excluding hydrogens is 254 g/mol. The lowest BCUT2D eigenvalue weighted by atomic mass is 9.97. The zero-order valence-electron chi connectivity index (χ0n) is 13.8. The maximum absolute atomic E-state index is 3.86. The summed E-state index contributed by atoms with van der Waals surface area (Å²) in [6, 6.07) is 10.1. The highest BCUT2D eigenvalue weighted by Gasteiger charge is 2.54. The zero-order chi connectivity index (χ0) is 14.7. The van der Waals surface area contributed by atoms with Crippen molar-refractivity contribution in [3.05, 3.63) is 35.4 Å². The van der Waals surface area contributed by atoms with Crippen LogP contribution in [0, 0.1) is 17.8 Å². The quantitative estimate of drug-likeness (QED) is 0.733. The Morgan fingerprint density at radius 2 is 1.67 bits per heavy atom. The third-order valence-corrected chi connectivity index (χ3v) is 5.60. The van der Waals surface area contributed by atoms with E-state index in [0.29, 0.717) is 6.04 Å². The first-order valence-electron chi connectivity index (χ1n) is 9.17. The van der Waals surface area contributed by atoms with Gasteiger partial charge < -0.3 is 5.32 Å². The molecule has 21 heavy (non-hydrogen) atoms. The van der Waals surface area contributed by atoms with Crippen LogP contribution < -0.4 is 5.32 Å². The number of aryl methyl sites for hydroxylation is 1. The van der Waals surface area contributed by atoms with Crippen LogP contribution in [-0.2, 0) is 6.42 Å². The summed E-state index contributed by atoms with van der Waals surface area (Å²) in [7, 11) is 0. The molecule has 2 fully saturated rings. The van der Waals surface area contributed by atoms with Crippen LogP contribution in [0.1, 0.15) is 69.5 Å². The van der Waals surface area contributed by atoms with Gasteiger partial charge in [0.2, 0.25) is 0 Å². The SMILES string of the molecule is CCCNC(c1ccc(CCC)cc1)C1C2CCCCC21. The molecule has 0 bridgehead atoms. The first kappa shape index (κ1) is 15.1. The minimum absolute atomic E-state index is 0.605. The van der Waals surface area contributed by atoms with Crippen LogP contribution in [0.5, 0.6) is 0 Å². The van der Waals surface area contributed by atoms with Gasteiger partial charge in [0, 0.05) is 6.04 Å². The van der Waals surface area contributed by atoms with Crippen molar-refractivity contribution in [1.82, 2.24) is 5.32 Å². The van der Waals surface area contributed by atoms with Crippen molar-refractivity contribution >= 4 is 0 Å². The van der Waals surface area contributed by atoms with E-state index < -0.39 is 0 Å². The highest BCUT2D eigenvalue weighted by Crippen LogP contribution is 2.60. The van der Waals surface area contributed by atoms with E-state index in [-0.39, 0.29) is 0 Å². The van der Waals surface area contributed by atoms with Gasteiger partial charge in [-0.25, -0.2) is 0 Å². The van der Waals surface area contributed by atoms with E-state index in [2.05, 4.69) is 43.4 Å². The maximum Gasteiger partial charge on any atom is 0.0354 e. The van der Waals surface area contributed by atoms with E-state index in [1.54, 1.807) is 0 Å². The molecule has 1 heteroatoms. The van der Waals surface area contributed by atoms with Crippen LogP contribution >= 0.6 is 0 Å². The molecular formula is C20H31N. The summed E-state index contributed by atoms with van der Waals surface area (Å²) in [5.74, 6) is 2.95. The van der Waals surface area contributed by atoms with Crippen LogP contribution in [0.15, 0.2) is 24.3 Å². The van der Waals surface area contributed by atoms with Gasteiger partial charge in [-0.1, -0.05) is 57.4 Å². The van der Waals surface area contributed by atoms with Crippen LogP contribution in [0.25, 0.3) is 0 Å². The number of nitrogens with one attached hydrogen (secondary N) is 1. The van der Waals surface area contributed by atoms with Crippen molar-refractivity contribution in [2.75, 3.05) is 6.54 Å². The van der Waals surface area contributed by atoms with Gasteiger partial charge in [0.25, 0.3) is 0 Å². The van der Waals surface area contributed by atoms with Gasteiger partial charge in [-0.2, -0.15) is 0 Å². The first-order chi connectivity index (χ1) is 10.3. The molecule has 1 N–H and O–H groups in total. The molecule has 0 amide bonds. The lowest BCUT2D eigenvalue weighted by Gasteiger charge is -2.20. The van der Waals surface area contributed by atoms with Crippen molar-refractivity contribution in [2.24, 2.45) is 17.8 Å². The van der Waals surface area contributed by atoms with E-state index in [0.717, 1.165) is 24.3 Å². The molecule has 1 aromatic carbocycles. The van der Waals surface area contributed by atoms with Crippen molar-refractivity contribution in [2.45, 2.75) is 64.8 Å². The Balaban J connectivity index is 1.72. The third-order valence-electron chi connectivity index (χ3n) is 5.60. The lowest BCUT2D eigenvalue weighted by Crippen LogP contribution is -2.25. The molecule has 116 valence electrons. The number of hydrogen-bond acceptors (Lipinski definition) is 1. The average molecular weight is 285 g/mol. The number of rotatable bonds is 7. The number of hydrogen-bond donors (Lipinski definition) is 1. The van der Waals surface area contributed by atoms with Gasteiger partial charge in [-0.05, 0) is 61.1 Å². The summed E-state index contributed by atoms with van der Waals surface area (Å²) in [5, 5.41) is 3.86. The summed E-state index contributed by atoms with van der Waals surface area (Å²) in [6.45, 7) is 5.68. The Kier molecular flexibility index (Phi) is 5.00. The topological polar surface area (TPSA) is 12.0 Å². The standard InChI is InChI=1S/C20H31N/c1-3-7-15-10-12-16(13-11-15)20(21-14-4-2)19-17-8-5-6-9-18(17)19/h10-13,17-21H,3-9,14H2,1-2H3. The Labute approximate surface area is 130 Å². The summed E-state index contributed by atoms with van der Waals surface area (Å²) in [6.07, 6.45) is 9.57. The first-order valence-corrected chi connectivity index (χ1v) is 9.17. The van der Waals surface area contributed by atoms with Crippen molar-refractivity contribution < 1.29 is 0 Å². The molecule has 0 aliphatic heterocycles. The van der Waals surface area contributed by atoms with Gasteiger partial charge >= 0.3 is 0 Å². The summed E-state index contributed by atoms with van der Waals surface area (Å²) in [4.78, 5) is 0. The molecule has 2 saturated carbocycles. The Morgan fingerprint density at radius 3 is 2.24 bits per heavy atom. The molecule has 2 aliphatic carbocycles. The van der Waals surface area contributed by atoms with Crippen LogP contribution in [0.4, 0.5) is 0 Å². The van der Waals surface area contributed by atoms with Crippen molar-refractivity contribution in [1.29, 1.82) is 0 Å². The molecule has 0 radical (unpaired) electrons. The van der Waals surface area contributed by atoms with Gasteiger partial charge in [-0.3, -0.25) is 0 Å². The molecule has 1 aromatic rings. The molecule has 3 rings (SSSR count). The number of fused-ring (bicyclic) bond motifs is 1. The van der Waals surface area contributed by atoms with Gasteiger partial charge in [-0.15, -0.1) is 0 Å². The fourth-order valence-corrected chi connectivity index (χ4v) is 4.50. The second kappa shape index (κ2) is 6.96. The second-order valence-electron chi connectivity index (χ2n) is 7.11. The summed E-state index contributed by atoms with van der Waals surface area (Å²) in [5.41, 5.74) is 3.02. The Morgan fingerprint density at radius 1 is 1.00 bits per heavy atom. The minimum atomic E-state index is 0.605. The van der Waals surface area contributed by atoms with Crippen LogP contribution in [-0.4, -0.2) is 6.54 Å². The lowest BCUT2D eigenvalue weighted by molar-refractivity contribution is 0.445. The van der Waals surface area contributed by atoms with Gasteiger partial charge in [0.1, 0.15) is 0 Å². The van der Waals surface area contributed by atoms with Gasteiger partial charge in [0.05, 0.1) is 0 Å². The molecule has 3 unspecified atom stereocenters. The average Bonchev–Trinajstić information content (AvgIpc) is 3.24. The van der Waals surface area contributed by atoms with Crippen molar-refractivity contribution in [3.8, 4) is 0 Å². The molecule has 0 saturated heterocycles. The molecule has 2 aliphatic rings. The van der Waals surface area contributed by atoms with E-state index in [1.807, 2.05) is 0 Å². The Bertz CT molecular complexity index is 424.